The molecular weight excluding hydrogens is 482 g/mol. The van der Waals surface area contributed by atoms with Crippen molar-refractivity contribution in [3.63, 3.8) is 0 Å². The average molecular weight is 514 g/mol. The van der Waals surface area contributed by atoms with Gasteiger partial charge in [0, 0.05) is 25.6 Å². The van der Waals surface area contributed by atoms with Crippen LogP contribution in [0, 0.1) is 11.8 Å². The van der Waals surface area contributed by atoms with E-state index in [2.05, 4.69) is 17.2 Å². The molecule has 2 aliphatic rings. The second-order valence-electron chi connectivity index (χ2n) is 9.54. The molecule has 0 radical (unpaired) electrons. The van der Waals surface area contributed by atoms with Crippen LogP contribution in [0.25, 0.3) is 0 Å². The van der Waals surface area contributed by atoms with Crippen LogP contribution in [0.5, 0.6) is 0 Å². The van der Waals surface area contributed by atoms with Gasteiger partial charge in [-0.15, -0.1) is 0 Å². The fourth-order valence-electron chi connectivity index (χ4n) is 3.73. The van der Waals surface area contributed by atoms with Crippen LogP contribution in [-0.2, 0) is 23.8 Å². The molecule has 198 valence electrons. The van der Waals surface area contributed by atoms with Crippen LogP contribution in [0.2, 0.25) is 0 Å². The van der Waals surface area contributed by atoms with Gasteiger partial charge in [-0.1, -0.05) is 17.9 Å². The predicted molar refractivity (Wildman–Crippen MR) is 130 cm³/mol. The SMILES string of the molecule is CN(CCOCCOCC#Cc1cccc2c1C(=O)N(C1CCC(=O)NC1=O)C2=O)C(=O)OC(C)(C)C. The molecule has 0 bridgehead atoms. The van der Waals surface area contributed by atoms with Gasteiger partial charge in [0.25, 0.3) is 11.8 Å². The first kappa shape index (κ1) is 27.8. The summed E-state index contributed by atoms with van der Waals surface area (Å²) in [6.45, 7) is 6.74. The topological polar surface area (TPSA) is 132 Å². The molecule has 11 heteroatoms. The van der Waals surface area contributed by atoms with E-state index in [0.29, 0.717) is 25.3 Å². The standard InChI is InChI=1S/C26H31N3O8/c1-26(2,3)37-25(34)28(4)12-14-36-16-15-35-13-6-8-17-7-5-9-18-21(17)24(33)29(23(18)32)19-10-11-20(30)27-22(19)31/h5,7,9,19H,10-16H2,1-4H3,(H,27,30,31). The molecule has 3 rings (SSSR count). The summed E-state index contributed by atoms with van der Waals surface area (Å²) in [4.78, 5) is 63.8. The Balaban J connectivity index is 1.45. The molecule has 1 aromatic carbocycles. The Labute approximate surface area is 215 Å². The third kappa shape index (κ3) is 7.15. The minimum Gasteiger partial charge on any atom is -0.444 e. The molecule has 0 aromatic heterocycles. The molecule has 1 atom stereocenters. The molecule has 1 fully saturated rings. The predicted octanol–water partition coefficient (Wildman–Crippen LogP) is 1.34. The van der Waals surface area contributed by atoms with Gasteiger partial charge >= 0.3 is 6.09 Å². The Hall–Kier alpha value is -3.75. The van der Waals surface area contributed by atoms with Gasteiger partial charge < -0.3 is 19.1 Å². The van der Waals surface area contributed by atoms with E-state index in [4.69, 9.17) is 14.2 Å². The van der Waals surface area contributed by atoms with E-state index >= 15 is 0 Å². The number of carbonyl (C=O) groups excluding carboxylic acids is 5. The molecule has 0 saturated carbocycles. The summed E-state index contributed by atoms with van der Waals surface area (Å²) in [5.41, 5.74) is 0.112. The first-order valence-corrected chi connectivity index (χ1v) is 11.9. The van der Waals surface area contributed by atoms with Crippen molar-refractivity contribution in [1.29, 1.82) is 0 Å². The number of carbonyl (C=O) groups is 5. The normalized spacial score (nSPS) is 17.2. The lowest BCUT2D eigenvalue weighted by Gasteiger charge is -2.27. The highest BCUT2D eigenvalue weighted by molar-refractivity contribution is 6.24. The van der Waals surface area contributed by atoms with Crippen molar-refractivity contribution in [3.05, 3.63) is 34.9 Å². The van der Waals surface area contributed by atoms with Crippen LogP contribution in [0.15, 0.2) is 18.2 Å². The number of benzene rings is 1. The zero-order chi connectivity index (χ0) is 27.2. The van der Waals surface area contributed by atoms with Gasteiger partial charge in [-0.2, -0.15) is 0 Å². The maximum absolute atomic E-state index is 13.0. The van der Waals surface area contributed by atoms with Crippen molar-refractivity contribution < 1.29 is 38.2 Å². The van der Waals surface area contributed by atoms with Gasteiger partial charge in [-0.05, 0) is 39.3 Å². The van der Waals surface area contributed by atoms with Gasteiger partial charge in [0.15, 0.2) is 0 Å². The number of hydrogen-bond acceptors (Lipinski definition) is 8. The quantitative estimate of drug-likeness (QED) is 0.313. The first-order chi connectivity index (χ1) is 17.5. The van der Waals surface area contributed by atoms with E-state index in [1.54, 1.807) is 40.0 Å². The number of fused-ring (bicyclic) bond motifs is 1. The summed E-state index contributed by atoms with van der Waals surface area (Å²) < 4.78 is 16.2. The van der Waals surface area contributed by atoms with E-state index in [1.165, 1.54) is 11.0 Å². The van der Waals surface area contributed by atoms with Crippen molar-refractivity contribution in [2.24, 2.45) is 0 Å². The van der Waals surface area contributed by atoms with Gasteiger partial charge in [-0.25, -0.2) is 4.79 Å². The molecule has 1 unspecified atom stereocenters. The Morgan fingerprint density at radius 1 is 1.11 bits per heavy atom. The zero-order valence-corrected chi connectivity index (χ0v) is 21.4. The summed E-state index contributed by atoms with van der Waals surface area (Å²) in [7, 11) is 1.63. The molecule has 2 heterocycles. The van der Waals surface area contributed by atoms with Gasteiger partial charge in [-0.3, -0.25) is 29.4 Å². The van der Waals surface area contributed by atoms with E-state index in [0.717, 1.165) is 4.90 Å². The Morgan fingerprint density at radius 3 is 2.54 bits per heavy atom. The molecular formula is C26H31N3O8. The number of nitrogens with one attached hydrogen (secondary N) is 1. The highest BCUT2D eigenvalue weighted by Gasteiger charge is 2.45. The van der Waals surface area contributed by atoms with E-state index < -0.39 is 41.4 Å². The smallest absolute Gasteiger partial charge is 0.410 e. The minimum absolute atomic E-state index is 0.0535. The van der Waals surface area contributed by atoms with Crippen molar-refractivity contribution in [2.45, 2.75) is 45.3 Å². The van der Waals surface area contributed by atoms with Crippen LogP contribution < -0.4 is 5.32 Å². The molecule has 37 heavy (non-hydrogen) atoms. The number of nitrogens with zero attached hydrogens (tertiary/aromatic N) is 2. The van der Waals surface area contributed by atoms with Gasteiger partial charge in [0.2, 0.25) is 11.8 Å². The van der Waals surface area contributed by atoms with Crippen LogP contribution in [-0.4, -0.2) is 91.2 Å². The Kier molecular flexibility index (Phi) is 9.02. The monoisotopic (exact) mass is 513 g/mol. The number of likely N-dealkylation sites (N-methyl/N-ethyl adjacent to an activating group) is 1. The third-order valence-corrected chi connectivity index (χ3v) is 5.51. The maximum Gasteiger partial charge on any atom is 0.410 e. The van der Waals surface area contributed by atoms with E-state index in [9.17, 15) is 24.0 Å². The molecule has 1 N–H and O–H groups in total. The van der Waals surface area contributed by atoms with Crippen LogP contribution in [0.4, 0.5) is 4.79 Å². The molecule has 5 amide bonds. The fourth-order valence-corrected chi connectivity index (χ4v) is 3.73. The molecule has 1 aromatic rings. The summed E-state index contributed by atoms with van der Waals surface area (Å²) in [6, 6.07) is 3.72. The Morgan fingerprint density at radius 2 is 1.84 bits per heavy atom. The maximum atomic E-state index is 13.0. The first-order valence-electron chi connectivity index (χ1n) is 11.9. The number of amides is 5. The summed E-state index contributed by atoms with van der Waals surface area (Å²) in [5.74, 6) is 3.40. The number of piperidine rings is 1. The molecule has 1 saturated heterocycles. The molecule has 0 aliphatic carbocycles. The Bertz CT molecular complexity index is 1140. The molecule has 11 nitrogen and oxygen atoms in total. The lowest BCUT2D eigenvalue weighted by Crippen LogP contribution is -2.54. The second kappa shape index (κ2) is 12.0. The summed E-state index contributed by atoms with van der Waals surface area (Å²) >= 11 is 0. The largest absolute Gasteiger partial charge is 0.444 e. The van der Waals surface area contributed by atoms with Gasteiger partial charge in [0.05, 0.1) is 30.9 Å². The molecule has 2 aliphatic heterocycles. The summed E-state index contributed by atoms with van der Waals surface area (Å²) in [6.07, 6.45) is -0.280. The number of hydrogen-bond donors (Lipinski definition) is 1. The van der Waals surface area contributed by atoms with E-state index in [-0.39, 0.29) is 37.2 Å². The van der Waals surface area contributed by atoms with Crippen molar-refractivity contribution in [2.75, 3.05) is 40.0 Å². The molecule has 0 spiro atoms. The van der Waals surface area contributed by atoms with Crippen LogP contribution >= 0.6 is 0 Å². The number of rotatable bonds is 8. The van der Waals surface area contributed by atoms with Crippen LogP contribution in [0.1, 0.15) is 59.9 Å². The van der Waals surface area contributed by atoms with Crippen molar-refractivity contribution in [1.82, 2.24) is 15.1 Å². The lowest BCUT2D eigenvalue weighted by molar-refractivity contribution is -0.136. The van der Waals surface area contributed by atoms with Crippen molar-refractivity contribution in [3.8, 4) is 11.8 Å². The van der Waals surface area contributed by atoms with Crippen molar-refractivity contribution >= 4 is 29.7 Å². The zero-order valence-electron chi connectivity index (χ0n) is 21.4. The average Bonchev–Trinajstić information content (AvgIpc) is 3.07. The van der Waals surface area contributed by atoms with E-state index in [1.807, 2.05) is 0 Å². The second-order valence-corrected chi connectivity index (χ2v) is 9.54. The highest BCUT2D eigenvalue weighted by atomic mass is 16.6. The number of imide groups is 2. The minimum atomic E-state index is -1.03. The third-order valence-electron chi connectivity index (χ3n) is 5.51. The van der Waals surface area contributed by atoms with Crippen LogP contribution in [0.3, 0.4) is 0 Å². The number of ether oxygens (including phenoxy) is 3. The summed E-state index contributed by atoms with van der Waals surface area (Å²) in [5, 5.41) is 2.17. The fraction of sp³-hybridized carbons (Fsp3) is 0.500. The lowest BCUT2D eigenvalue weighted by atomic mass is 10.0. The van der Waals surface area contributed by atoms with Gasteiger partial charge in [0.1, 0.15) is 18.2 Å². The highest BCUT2D eigenvalue weighted by Crippen LogP contribution is 2.29.